The largest absolute Gasteiger partial charge is 0.481 e. The number of carbonyl (C=O) groups is 2. The van der Waals surface area contributed by atoms with Gasteiger partial charge in [0, 0.05) is 25.4 Å². The highest BCUT2D eigenvalue weighted by molar-refractivity contribution is 5.94. The van der Waals surface area contributed by atoms with Gasteiger partial charge >= 0.3 is 5.97 Å². The molecule has 1 atom stereocenters. The van der Waals surface area contributed by atoms with Gasteiger partial charge in [0.1, 0.15) is 6.61 Å². The molecule has 1 fully saturated rings. The van der Waals surface area contributed by atoms with Crippen LogP contribution in [0.3, 0.4) is 0 Å². The van der Waals surface area contributed by atoms with Crippen molar-refractivity contribution < 1.29 is 19.4 Å². The monoisotopic (exact) mass is 326 g/mol. The first-order valence-electron chi connectivity index (χ1n) is 7.78. The number of benzene rings is 1. The molecular formula is C18H18N2O4. The normalized spacial score (nSPS) is 16.8. The van der Waals surface area contributed by atoms with Crippen molar-refractivity contribution in [1.82, 2.24) is 9.88 Å². The Balaban J connectivity index is 1.58. The first-order valence-corrected chi connectivity index (χ1v) is 7.78. The lowest BCUT2D eigenvalue weighted by atomic mass is 10.1. The van der Waals surface area contributed by atoms with Crippen LogP contribution in [-0.2, 0) is 11.4 Å². The number of amides is 1. The zero-order valence-corrected chi connectivity index (χ0v) is 13.1. The molecule has 1 saturated heterocycles. The molecule has 6 heteroatoms. The summed E-state index contributed by atoms with van der Waals surface area (Å²) < 4.78 is 5.59. The number of aromatic nitrogens is 1. The number of carbonyl (C=O) groups excluding carboxylic acids is 1. The second-order valence-electron chi connectivity index (χ2n) is 5.73. The number of pyridine rings is 1. The van der Waals surface area contributed by atoms with Crippen LogP contribution in [0.2, 0.25) is 0 Å². The van der Waals surface area contributed by atoms with E-state index in [1.165, 1.54) is 6.20 Å². The highest BCUT2D eigenvalue weighted by Gasteiger charge is 2.31. The van der Waals surface area contributed by atoms with Crippen LogP contribution in [0.25, 0.3) is 0 Å². The Hall–Kier alpha value is -2.89. The third-order valence-corrected chi connectivity index (χ3v) is 4.04. The van der Waals surface area contributed by atoms with Gasteiger partial charge in [-0.2, -0.15) is 0 Å². The zero-order valence-electron chi connectivity index (χ0n) is 13.1. The van der Waals surface area contributed by atoms with E-state index >= 15 is 0 Å². The van der Waals surface area contributed by atoms with Gasteiger partial charge in [-0.05, 0) is 18.1 Å². The van der Waals surface area contributed by atoms with Crippen LogP contribution in [0.5, 0.6) is 5.88 Å². The van der Waals surface area contributed by atoms with Crippen LogP contribution in [0.15, 0.2) is 48.7 Å². The summed E-state index contributed by atoms with van der Waals surface area (Å²) in [5.74, 6) is -1.08. The molecule has 1 N–H and O–H groups in total. The second-order valence-corrected chi connectivity index (χ2v) is 5.73. The average molecular weight is 326 g/mol. The Bertz CT molecular complexity index is 716. The molecule has 1 aromatic carbocycles. The number of aliphatic carboxylic acids is 1. The SMILES string of the molecule is O=C(O)C1CCN(C(=O)c2ccc(OCc3ccccc3)nc2)C1. The van der Waals surface area contributed by atoms with Crippen molar-refractivity contribution in [1.29, 1.82) is 0 Å². The standard InChI is InChI=1S/C18H18N2O4/c21-17(20-9-8-15(11-20)18(22)23)14-6-7-16(19-10-14)24-12-13-4-2-1-3-5-13/h1-7,10,15H,8-9,11-12H2,(H,22,23). The summed E-state index contributed by atoms with van der Waals surface area (Å²) in [5, 5.41) is 9.01. The first-order chi connectivity index (χ1) is 11.6. The first kappa shape index (κ1) is 16.0. The summed E-state index contributed by atoms with van der Waals surface area (Å²) in [6.07, 6.45) is 1.96. The fourth-order valence-electron chi connectivity index (χ4n) is 2.65. The van der Waals surface area contributed by atoms with Crippen molar-refractivity contribution in [2.45, 2.75) is 13.0 Å². The quantitative estimate of drug-likeness (QED) is 0.911. The van der Waals surface area contributed by atoms with Gasteiger partial charge in [0.25, 0.3) is 5.91 Å². The molecule has 0 spiro atoms. The minimum atomic E-state index is -0.854. The molecule has 0 aliphatic carbocycles. The van der Waals surface area contributed by atoms with E-state index in [1.54, 1.807) is 17.0 Å². The number of hydrogen-bond acceptors (Lipinski definition) is 4. The molecule has 6 nitrogen and oxygen atoms in total. The summed E-state index contributed by atoms with van der Waals surface area (Å²) in [5.41, 5.74) is 1.48. The van der Waals surface area contributed by atoms with Crippen LogP contribution in [0.1, 0.15) is 22.3 Å². The van der Waals surface area contributed by atoms with E-state index in [1.807, 2.05) is 30.3 Å². The van der Waals surface area contributed by atoms with Crippen LogP contribution in [0.4, 0.5) is 0 Å². The Labute approximate surface area is 139 Å². The van der Waals surface area contributed by atoms with Crippen molar-refractivity contribution in [3.8, 4) is 5.88 Å². The van der Waals surface area contributed by atoms with Crippen molar-refractivity contribution >= 4 is 11.9 Å². The zero-order chi connectivity index (χ0) is 16.9. The minimum Gasteiger partial charge on any atom is -0.481 e. The third-order valence-electron chi connectivity index (χ3n) is 4.04. The topological polar surface area (TPSA) is 79.7 Å². The summed E-state index contributed by atoms with van der Waals surface area (Å²) in [7, 11) is 0. The van der Waals surface area contributed by atoms with Gasteiger partial charge < -0.3 is 14.7 Å². The number of hydrogen-bond donors (Lipinski definition) is 1. The summed E-state index contributed by atoms with van der Waals surface area (Å²) in [6.45, 7) is 1.12. The predicted molar refractivity (Wildman–Crippen MR) is 86.7 cm³/mol. The second kappa shape index (κ2) is 7.12. The number of nitrogens with zero attached hydrogens (tertiary/aromatic N) is 2. The number of ether oxygens (including phenoxy) is 1. The van der Waals surface area contributed by atoms with Crippen LogP contribution in [-0.4, -0.2) is 40.0 Å². The lowest BCUT2D eigenvalue weighted by Gasteiger charge is -2.15. The lowest BCUT2D eigenvalue weighted by Crippen LogP contribution is -2.30. The van der Waals surface area contributed by atoms with Gasteiger partial charge in [-0.1, -0.05) is 30.3 Å². The summed E-state index contributed by atoms with van der Waals surface area (Å²) >= 11 is 0. The maximum Gasteiger partial charge on any atom is 0.308 e. The van der Waals surface area contributed by atoms with Crippen molar-refractivity contribution in [2.24, 2.45) is 5.92 Å². The Morgan fingerprint density at radius 3 is 2.62 bits per heavy atom. The van der Waals surface area contributed by atoms with Crippen LogP contribution in [0, 0.1) is 5.92 Å². The molecule has 1 aliphatic rings. The highest BCUT2D eigenvalue weighted by atomic mass is 16.5. The average Bonchev–Trinajstić information content (AvgIpc) is 3.11. The van der Waals surface area contributed by atoms with E-state index in [9.17, 15) is 9.59 Å². The molecular weight excluding hydrogens is 308 g/mol. The number of likely N-dealkylation sites (tertiary alicyclic amines) is 1. The van der Waals surface area contributed by atoms with Gasteiger partial charge in [0.2, 0.25) is 5.88 Å². The van der Waals surface area contributed by atoms with Crippen molar-refractivity contribution in [3.05, 3.63) is 59.8 Å². The number of rotatable bonds is 5. The maximum atomic E-state index is 12.4. The molecule has 2 aromatic rings. The summed E-state index contributed by atoms with van der Waals surface area (Å²) in [6, 6.07) is 13.1. The van der Waals surface area contributed by atoms with Gasteiger partial charge in [0.15, 0.2) is 0 Å². The van der Waals surface area contributed by atoms with E-state index in [0.29, 0.717) is 31.0 Å². The van der Waals surface area contributed by atoms with Gasteiger partial charge in [-0.25, -0.2) is 4.98 Å². The van der Waals surface area contributed by atoms with Crippen LogP contribution < -0.4 is 4.74 Å². The van der Waals surface area contributed by atoms with Gasteiger partial charge in [0.05, 0.1) is 11.5 Å². The fraction of sp³-hybridized carbons (Fsp3) is 0.278. The molecule has 124 valence electrons. The van der Waals surface area contributed by atoms with Gasteiger partial charge in [-0.15, -0.1) is 0 Å². The fourth-order valence-corrected chi connectivity index (χ4v) is 2.65. The number of carboxylic acid groups (broad SMARTS) is 1. The molecule has 1 aromatic heterocycles. The molecule has 2 heterocycles. The molecule has 0 bridgehead atoms. The third kappa shape index (κ3) is 3.71. The van der Waals surface area contributed by atoms with E-state index in [0.717, 1.165) is 5.56 Å². The maximum absolute atomic E-state index is 12.4. The molecule has 3 rings (SSSR count). The highest BCUT2D eigenvalue weighted by Crippen LogP contribution is 2.19. The Kier molecular flexibility index (Phi) is 4.74. The van der Waals surface area contributed by atoms with E-state index in [2.05, 4.69) is 4.98 Å². The van der Waals surface area contributed by atoms with E-state index < -0.39 is 11.9 Å². The minimum absolute atomic E-state index is 0.194. The molecule has 1 unspecified atom stereocenters. The van der Waals surface area contributed by atoms with Crippen molar-refractivity contribution in [3.63, 3.8) is 0 Å². The van der Waals surface area contributed by atoms with E-state index in [4.69, 9.17) is 9.84 Å². The summed E-state index contributed by atoms with van der Waals surface area (Å²) in [4.78, 5) is 29.0. The lowest BCUT2D eigenvalue weighted by molar-refractivity contribution is -0.141. The van der Waals surface area contributed by atoms with Crippen LogP contribution >= 0.6 is 0 Å². The predicted octanol–water partition coefficient (Wildman–Crippen LogP) is 2.21. The van der Waals surface area contributed by atoms with E-state index in [-0.39, 0.29) is 12.5 Å². The van der Waals surface area contributed by atoms with Gasteiger partial charge in [-0.3, -0.25) is 9.59 Å². The Morgan fingerprint density at radius 2 is 2.00 bits per heavy atom. The van der Waals surface area contributed by atoms with Crippen molar-refractivity contribution in [2.75, 3.05) is 13.1 Å². The Morgan fingerprint density at radius 1 is 1.21 bits per heavy atom. The number of carboxylic acids is 1. The molecule has 1 aliphatic heterocycles. The smallest absolute Gasteiger partial charge is 0.308 e. The molecule has 0 saturated carbocycles. The molecule has 0 radical (unpaired) electrons. The molecule has 24 heavy (non-hydrogen) atoms. The molecule has 1 amide bonds.